The fourth-order valence-corrected chi connectivity index (χ4v) is 3.49. The van der Waals surface area contributed by atoms with E-state index in [1.807, 2.05) is 38.1 Å². The van der Waals surface area contributed by atoms with Crippen LogP contribution in [-0.2, 0) is 14.4 Å². The molecule has 2 atom stereocenters. The summed E-state index contributed by atoms with van der Waals surface area (Å²) >= 11 is 0. The molecule has 27 heavy (non-hydrogen) atoms. The molecule has 0 radical (unpaired) electrons. The molecule has 0 saturated carbocycles. The van der Waals surface area contributed by atoms with Crippen molar-refractivity contribution in [2.24, 2.45) is 5.16 Å². The van der Waals surface area contributed by atoms with Gasteiger partial charge in [0, 0.05) is 25.4 Å². The van der Waals surface area contributed by atoms with Crippen LogP contribution < -0.4 is 10.1 Å². The normalized spacial score (nSPS) is 23.4. The topological polar surface area (TPSA) is 80.2 Å². The number of ether oxygens (including phenoxy) is 1. The van der Waals surface area contributed by atoms with E-state index in [9.17, 15) is 9.59 Å². The number of rotatable bonds is 5. The molecule has 0 bridgehead atoms. The van der Waals surface area contributed by atoms with Crippen molar-refractivity contribution in [1.29, 1.82) is 0 Å². The summed E-state index contributed by atoms with van der Waals surface area (Å²) in [5, 5.41) is 6.91. The van der Waals surface area contributed by atoms with Crippen LogP contribution in [0.4, 0.5) is 0 Å². The van der Waals surface area contributed by atoms with Gasteiger partial charge in [0.25, 0.3) is 5.91 Å². The second-order valence-corrected chi connectivity index (χ2v) is 7.47. The van der Waals surface area contributed by atoms with Gasteiger partial charge in [-0.25, -0.2) is 0 Å². The first-order chi connectivity index (χ1) is 12.8. The van der Waals surface area contributed by atoms with E-state index in [1.54, 1.807) is 12.0 Å². The van der Waals surface area contributed by atoms with Crippen molar-refractivity contribution >= 4 is 17.5 Å². The Bertz CT molecular complexity index is 770. The smallest absolute Gasteiger partial charge is 0.271 e. The maximum Gasteiger partial charge on any atom is 0.271 e. The molecule has 7 heteroatoms. The van der Waals surface area contributed by atoms with Gasteiger partial charge in [0.2, 0.25) is 5.91 Å². The number of hydrogen-bond acceptors (Lipinski definition) is 5. The molecule has 0 spiro atoms. The third kappa shape index (κ3) is 4.13. The fraction of sp³-hybridized carbons (Fsp3) is 0.450. The van der Waals surface area contributed by atoms with E-state index in [4.69, 9.17) is 9.57 Å². The van der Waals surface area contributed by atoms with Gasteiger partial charge in [-0.2, -0.15) is 0 Å². The molecular weight excluding hydrogens is 346 g/mol. The van der Waals surface area contributed by atoms with Gasteiger partial charge in [0.1, 0.15) is 17.1 Å². The standard InChI is InChI=1S/C20H25N3O4/c1-5-18(24)21-17-12-23(19(25)16-10-20(2,3)27-22-16)11-15(17)13-6-8-14(26-4)9-7-13/h5-9,15,17H,1,10-12H2,2-4H3,(H,21,24)/t15-,17+/m0/s1. The van der Waals surface area contributed by atoms with Gasteiger partial charge in [-0.1, -0.05) is 23.9 Å². The number of benzene rings is 1. The first kappa shape index (κ1) is 18.9. The molecule has 0 aliphatic carbocycles. The maximum atomic E-state index is 12.9. The highest BCUT2D eigenvalue weighted by Crippen LogP contribution is 2.31. The molecule has 144 valence electrons. The number of oxime groups is 1. The van der Waals surface area contributed by atoms with Crippen LogP contribution in [-0.4, -0.2) is 54.3 Å². The van der Waals surface area contributed by atoms with E-state index in [1.165, 1.54) is 6.08 Å². The molecule has 2 aliphatic rings. The molecule has 2 heterocycles. The molecule has 2 amide bonds. The molecule has 1 fully saturated rings. The van der Waals surface area contributed by atoms with E-state index >= 15 is 0 Å². The minimum Gasteiger partial charge on any atom is -0.497 e. The minimum atomic E-state index is -0.462. The van der Waals surface area contributed by atoms with Crippen molar-refractivity contribution in [1.82, 2.24) is 10.2 Å². The zero-order valence-corrected chi connectivity index (χ0v) is 15.9. The van der Waals surface area contributed by atoms with Crippen molar-refractivity contribution in [2.75, 3.05) is 20.2 Å². The number of amides is 2. The predicted octanol–water partition coefficient (Wildman–Crippen LogP) is 1.85. The Morgan fingerprint density at radius 1 is 1.33 bits per heavy atom. The van der Waals surface area contributed by atoms with Crippen LogP contribution in [0.5, 0.6) is 5.75 Å². The Morgan fingerprint density at radius 2 is 2.04 bits per heavy atom. The lowest BCUT2D eigenvalue weighted by molar-refractivity contribution is -0.123. The summed E-state index contributed by atoms with van der Waals surface area (Å²) in [5.74, 6) is 0.334. The van der Waals surface area contributed by atoms with Gasteiger partial charge in [0.15, 0.2) is 0 Å². The van der Waals surface area contributed by atoms with E-state index in [-0.39, 0.29) is 23.8 Å². The largest absolute Gasteiger partial charge is 0.497 e. The number of nitrogens with zero attached hydrogens (tertiary/aromatic N) is 2. The lowest BCUT2D eigenvalue weighted by Gasteiger charge is -2.19. The van der Waals surface area contributed by atoms with Gasteiger partial charge < -0.3 is 19.8 Å². The molecule has 1 aromatic rings. The Morgan fingerprint density at radius 3 is 2.59 bits per heavy atom. The number of methoxy groups -OCH3 is 1. The van der Waals surface area contributed by atoms with Crippen molar-refractivity contribution in [3.8, 4) is 5.75 Å². The Kier molecular flexibility index (Phi) is 5.21. The van der Waals surface area contributed by atoms with Crippen molar-refractivity contribution in [3.63, 3.8) is 0 Å². The van der Waals surface area contributed by atoms with E-state index in [2.05, 4.69) is 17.1 Å². The van der Waals surface area contributed by atoms with E-state index in [0.717, 1.165) is 11.3 Å². The van der Waals surface area contributed by atoms with Crippen molar-refractivity contribution < 1.29 is 19.2 Å². The van der Waals surface area contributed by atoms with Gasteiger partial charge in [-0.05, 0) is 37.6 Å². The minimum absolute atomic E-state index is 0.0281. The second-order valence-electron chi connectivity index (χ2n) is 7.47. The molecule has 0 aromatic heterocycles. The van der Waals surface area contributed by atoms with Crippen LogP contribution in [0.15, 0.2) is 42.1 Å². The number of carbonyl (C=O) groups is 2. The summed E-state index contributed by atoms with van der Waals surface area (Å²) in [5.41, 5.74) is 0.992. The summed E-state index contributed by atoms with van der Waals surface area (Å²) in [6.45, 7) is 8.21. The van der Waals surface area contributed by atoms with Gasteiger partial charge in [-0.3, -0.25) is 9.59 Å². The van der Waals surface area contributed by atoms with Gasteiger partial charge in [0.05, 0.1) is 13.2 Å². The van der Waals surface area contributed by atoms with E-state index in [0.29, 0.717) is 25.2 Å². The van der Waals surface area contributed by atoms with Crippen LogP contribution in [0.25, 0.3) is 0 Å². The highest BCUT2D eigenvalue weighted by atomic mass is 16.7. The zero-order chi connectivity index (χ0) is 19.6. The molecular formula is C20H25N3O4. The lowest BCUT2D eigenvalue weighted by atomic mass is 9.94. The Balaban J connectivity index is 1.79. The average molecular weight is 371 g/mol. The number of nitrogens with one attached hydrogen (secondary N) is 1. The quantitative estimate of drug-likeness (QED) is 0.801. The Labute approximate surface area is 159 Å². The SMILES string of the molecule is C=CC(=O)N[C@@H]1CN(C(=O)C2=NOC(C)(C)C2)C[C@H]1c1ccc(OC)cc1. The summed E-state index contributed by atoms with van der Waals surface area (Å²) in [4.78, 5) is 31.8. The number of likely N-dealkylation sites (tertiary alicyclic amines) is 1. The maximum absolute atomic E-state index is 12.9. The zero-order valence-electron chi connectivity index (χ0n) is 15.9. The molecule has 2 aliphatic heterocycles. The molecule has 0 unspecified atom stereocenters. The highest BCUT2D eigenvalue weighted by Gasteiger charge is 2.41. The van der Waals surface area contributed by atoms with Gasteiger partial charge >= 0.3 is 0 Å². The predicted molar refractivity (Wildman–Crippen MR) is 102 cm³/mol. The van der Waals surface area contributed by atoms with Crippen molar-refractivity contribution in [3.05, 3.63) is 42.5 Å². The van der Waals surface area contributed by atoms with E-state index < -0.39 is 5.60 Å². The molecule has 3 rings (SSSR count). The fourth-order valence-electron chi connectivity index (χ4n) is 3.49. The second kappa shape index (κ2) is 7.42. The number of hydrogen-bond donors (Lipinski definition) is 1. The summed E-state index contributed by atoms with van der Waals surface area (Å²) in [6.07, 6.45) is 1.71. The number of carbonyl (C=O) groups excluding carboxylic acids is 2. The summed E-state index contributed by atoms with van der Waals surface area (Å²) < 4.78 is 5.21. The lowest BCUT2D eigenvalue weighted by Crippen LogP contribution is -2.41. The first-order valence-electron chi connectivity index (χ1n) is 8.94. The molecule has 1 N–H and O–H groups in total. The summed E-state index contributed by atoms with van der Waals surface area (Å²) in [6, 6.07) is 7.48. The van der Waals surface area contributed by atoms with Crippen molar-refractivity contribution in [2.45, 2.75) is 37.8 Å². The van der Waals surface area contributed by atoms with Crippen LogP contribution in [0.3, 0.4) is 0 Å². The monoisotopic (exact) mass is 371 g/mol. The average Bonchev–Trinajstić information content (AvgIpc) is 3.24. The van der Waals surface area contributed by atoms with Crippen LogP contribution in [0.2, 0.25) is 0 Å². The molecule has 7 nitrogen and oxygen atoms in total. The Hall–Kier alpha value is -2.83. The summed E-state index contributed by atoms with van der Waals surface area (Å²) in [7, 11) is 1.62. The van der Waals surface area contributed by atoms with Gasteiger partial charge in [-0.15, -0.1) is 0 Å². The molecule has 1 saturated heterocycles. The van der Waals surface area contributed by atoms with Crippen LogP contribution in [0.1, 0.15) is 31.7 Å². The highest BCUT2D eigenvalue weighted by molar-refractivity contribution is 6.39. The molecule has 1 aromatic carbocycles. The van der Waals surface area contributed by atoms with Crippen LogP contribution >= 0.6 is 0 Å². The van der Waals surface area contributed by atoms with Crippen LogP contribution in [0, 0.1) is 0 Å². The third-order valence-electron chi connectivity index (χ3n) is 4.91. The third-order valence-corrected chi connectivity index (χ3v) is 4.91. The first-order valence-corrected chi connectivity index (χ1v) is 8.94.